The van der Waals surface area contributed by atoms with Gasteiger partial charge in [0.1, 0.15) is 5.65 Å². The molecule has 0 radical (unpaired) electrons. The average Bonchev–Trinajstić information content (AvgIpc) is 2.83. The average molecular weight is 303 g/mol. The van der Waals surface area contributed by atoms with Gasteiger partial charge in [0.2, 0.25) is 0 Å². The van der Waals surface area contributed by atoms with Gasteiger partial charge < -0.3 is 10.1 Å². The zero-order chi connectivity index (χ0) is 15.0. The van der Waals surface area contributed by atoms with E-state index in [1.807, 2.05) is 0 Å². The van der Waals surface area contributed by atoms with E-state index >= 15 is 0 Å². The maximum absolute atomic E-state index is 12.0. The zero-order valence-corrected chi connectivity index (χ0v) is 11.6. The molecule has 0 aliphatic carbocycles. The Morgan fingerprint density at radius 3 is 2.81 bits per heavy atom. The second-order valence-corrected chi connectivity index (χ2v) is 5.13. The molecule has 1 aromatic carbocycles. The van der Waals surface area contributed by atoms with E-state index in [1.54, 1.807) is 30.5 Å². The number of carbonyl (C=O) groups is 2. The van der Waals surface area contributed by atoms with E-state index in [9.17, 15) is 9.59 Å². The quantitative estimate of drug-likeness (QED) is 0.723. The molecular formula is C15H11ClN2O3. The highest BCUT2D eigenvalue weighted by Gasteiger charge is 2.13. The molecule has 2 N–H and O–H groups in total. The number of pyridine rings is 1. The second-order valence-electron chi connectivity index (χ2n) is 4.72. The molecule has 2 aromatic heterocycles. The van der Waals surface area contributed by atoms with Crippen molar-refractivity contribution in [3.8, 4) is 0 Å². The maximum Gasteiger partial charge on any atom is 0.303 e. The smallest absolute Gasteiger partial charge is 0.303 e. The Morgan fingerprint density at radius 2 is 2.05 bits per heavy atom. The predicted octanol–water partition coefficient (Wildman–Crippen LogP) is 3.42. The highest BCUT2D eigenvalue weighted by atomic mass is 35.5. The van der Waals surface area contributed by atoms with Crippen molar-refractivity contribution in [2.45, 2.75) is 12.8 Å². The predicted molar refractivity (Wildman–Crippen MR) is 79.8 cm³/mol. The first kappa shape index (κ1) is 13.6. The van der Waals surface area contributed by atoms with E-state index in [4.69, 9.17) is 16.7 Å². The molecule has 106 valence electrons. The number of hydrogen-bond donors (Lipinski definition) is 2. The number of Topliss-reactive ketones (excluding diaryl/α,β-unsaturated/α-hetero) is 1. The number of benzene rings is 1. The number of aromatic amines is 1. The fourth-order valence-electron chi connectivity index (χ4n) is 2.32. The van der Waals surface area contributed by atoms with Crippen LogP contribution in [0.25, 0.3) is 21.9 Å². The lowest BCUT2D eigenvalue weighted by Crippen LogP contribution is -2.03. The molecule has 0 unspecified atom stereocenters. The molecule has 0 spiro atoms. The molecule has 3 aromatic rings. The Hall–Kier alpha value is -2.40. The lowest BCUT2D eigenvalue weighted by atomic mass is 10.0. The molecule has 0 saturated carbocycles. The van der Waals surface area contributed by atoms with Crippen molar-refractivity contribution in [3.63, 3.8) is 0 Å². The molecule has 0 fully saturated rings. The Kier molecular flexibility index (Phi) is 3.35. The number of aliphatic carboxylic acids is 1. The van der Waals surface area contributed by atoms with Gasteiger partial charge in [-0.3, -0.25) is 9.59 Å². The molecule has 0 atom stereocenters. The number of hydrogen-bond acceptors (Lipinski definition) is 3. The minimum absolute atomic E-state index is 0.0187. The van der Waals surface area contributed by atoms with Crippen molar-refractivity contribution < 1.29 is 14.7 Å². The van der Waals surface area contributed by atoms with Gasteiger partial charge in [0.15, 0.2) is 5.78 Å². The first-order valence-electron chi connectivity index (χ1n) is 6.37. The molecule has 2 heterocycles. The third-order valence-electron chi connectivity index (χ3n) is 3.33. The van der Waals surface area contributed by atoms with Gasteiger partial charge >= 0.3 is 5.97 Å². The van der Waals surface area contributed by atoms with Gasteiger partial charge in [-0.1, -0.05) is 11.6 Å². The number of nitrogens with one attached hydrogen (secondary N) is 1. The van der Waals surface area contributed by atoms with Crippen LogP contribution in [0.4, 0.5) is 0 Å². The van der Waals surface area contributed by atoms with E-state index in [2.05, 4.69) is 9.97 Å². The normalized spacial score (nSPS) is 11.1. The number of H-pyrrole nitrogens is 1. The number of carboxylic acids is 1. The van der Waals surface area contributed by atoms with Gasteiger partial charge in [-0.15, -0.1) is 0 Å². The minimum Gasteiger partial charge on any atom is -0.481 e. The number of carbonyl (C=O) groups excluding carboxylic acids is 1. The van der Waals surface area contributed by atoms with Crippen molar-refractivity contribution >= 4 is 45.3 Å². The molecule has 6 heteroatoms. The van der Waals surface area contributed by atoms with E-state index in [-0.39, 0.29) is 18.6 Å². The van der Waals surface area contributed by atoms with Gasteiger partial charge in [-0.2, -0.15) is 0 Å². The van der Waals surface area contributed by atoms with Crippen LogP contribution < -0.4 is 0 Å². The number of fused-ring (bicyclic) bond motifs is 3. The summed E-state index contributed by atoms with van der Waals surface area (Å²) in [5, 5.41) is 10.8. The summed E-state index contributed by atoms with van der Waals surface area (Å²) in [6.45, 7) is 0. The summed E-state index contributed by atoms with van der Waals surface area (Å²) in [4.78, 5) is 29.9. The van der Waals surface area contributed by atoms with Gasteiger partial charge in [0.25, 0.3) is 0 Å². The van der Waals surface area contributed by atoms with Gasteiger partial charge in [-0.25, -0.2) is 4.98 Å². The summed E-state index contributed by atoms with van der Waals surface area (Å²) in [5.74, 6) is -1.18. The molecule has 0 amide bonds. The van der Waals surface area contributed by atoms with E-state index < -0.39 is 5.97 Å². The second kappa shape index (κ2) is 5.18. The molecule has 21 heavy (non-hydrogen) atoms. The highest BCUT2D eigenvalue weighted by molar-refractivity contribution is 6.37. The standard InChI is InChI=1S/C15H11ClN2O3/c16-10-5-6-17-15-14(10)9-7-8(1-2-11(9)18-15)12(19)3-4-13(20)21/h1-2,5-7H,3-4H2,(H,17,18)(H,20,21). The number of nitrogens with zero attached hydrogens (tertiary/aromatic N) is 1. The van der Waals surface area contributed by atoms with Crippen LogP contribution >= 0.6 is 11.6 Å². The number of aromatic nitrogens is 2. The number of carboxylic acid groups (broad SMARTS) is 1. The summed E-state index contributed by atoms with van der Waals surface area (Å²) in [6, 6.07) is 6.87. The Bertz CT molecular complexity index is 870. The van der Waals surface area contributed by atoms with Crippen molar-refractivity contribution in [2.75, 3.05) is 0 Å². The third kappa shape index (κ3) is 2.48. The number of halogens is 1. The van der Waals surface area contributed by atoms with Crippen LogP contribution in [0.3, 0.4) is 0 Å². The van der Waals surface area contributed by atoms with Crippen molar-refractivity contribution in [2.24, 2.45) is 0 Å². The summed E-state index contributed by atoms with van der Waals surface area (Å²) < 4.78 is 0. The van der Waals surface area contributed by atoms with Crippen molar-refractivity contribution in [3.05, 3.63) is 41.0 Å². The monoisotopic (exact) mass is 302 g/mol. The molecule has 5 nitrogen and oxygen atoms in total. The Labute approximate surface area is 124 Å². The summed E-state index contributed by atoms with van der Waals surface area (Å²) in [6.07, 6.45) is 1.42. The molecule has 0 aliphatic rings. The van der Waals surface area contributed by atoms with Crippen molar-refractivity contribution in [1.29, 1.82) is 0 Å². The first-order chi connectivity index (χ1) is 10.1. The zero-order valence-electron chi connectivity index (χ0n) is 10.9. The van der Waals surface area contributed by atoms with Gasteiger partial charge in [0.05, 0.1) is 11.4 Å². The Balaban J connectivity index is 2.08. The molecule has 0 saturated heterocycles. The van der Waals surface area contributed by atoms with E-state index in [1.165, 1.54) is 0 Å². The SMILES string of the molecule is O=C(O)CCC(=O)c1ccc2[nH]c3nccc(Cl)c3c2c1. The third-order valence-corrected chi connectivity index (χ3v) is 3.64. The highest BCUT2D eigenvalue weighted by Crippen LogP contribution is 2.30. The molecule has 3 rings (SSSR count). The van der Waals surface area contributed by atoms with Gasteiger partial charge in [-0.05, 0) is 24.3 Å². The first-order valence-corrected chi connectivity index (χ1v) is 6.75. The number of ketones is 1. The van der Waals surface area contributed by atoms with E-state index in [0.717, 1.165) is 16.3 Å². The lowest BCUT2D eigenvalue weighted by molar-refractivity contribution is -0.136. The molecule has 0 bridgehead atoms. The van der Waals surface area contributed by atoms with Crippen LogP contribution in [0, 0.1) is 0 Å². The van der Waals surface area contributed by atoms with Crippen LogP contribution in [0.2, 0.25) is 5.02 Å². The maximum atomic E-state index is 12.0. The molecular weight excluding hydrogens is 292 g/mol. The fourth-order valence-corrected chi connectivity index (χ4v) is 2.56. The topological polar surface area (TPSA) is 83.0 Å². The van der Waals surface area contributed by atoms with E-state index in [0.29, 0.717) is 16.2 Å². The van der Waals surface area contributed by atoms with Crippen LogP contribution in [0.1, 0.15) is 23.2 Å². The van der Waals surface area contributed by atoms with Crippen LogP contribution in [0.5, 0.6) is 0 Å². The number of rotatable bonds is 4. The largest absolute Gasteiger partial charge is 0.481 e. The van der Waals surface area contributed by atoms with Gasteiger partial charge in [0, 0.05) is 34.5 Å². The lowest BCUT2D eigenvalue weighted by Gasteiger charge is -2.00. The van der Waals surface area contributed by atoms with Crippen LogP contribution in [0.15, 0.2) is 30.5 Å². The Morgan fingerprint density at radius 1 is 1.24 bits per heavy atom. The summed E-state index contributed by atoms with van der Waals surface area (Å²) >= 11 is 6.19. The summed E-state index contributed by atoms with van der Waals surface area (Å²) in [5.41, 5.74) is 1.97. The van der Waals surface area contributed by atoms with Crippen LogP contribution in [-0.2, 0) is 4.79 Å². The summed E-state index contributed by atoms with van der Waals surface area (Å²) in [7, 11) is 0. The fraction of sp³-hybridized carbons (Fsp3) is 0.133. The van der Waals surface area contributed by atoms with Crippen LogP contribution in [-0.4, -0.2) is 26.8 Å². The minimum atomic E-state index is -0.983. The van der Waals surface area contributed by atoms with Crippen molar-refractivity contribution in [1.82, 2.24) is 9.97 Å². The molecule has 0 aliphatic heterocycles.